The lowest BCUT2D eigenvalue weighted by Crippen LogP contribution is -2.33. The van der Waals surface area contributed by atoms with Gasteiger partial charge >= 0.3 is 0 Å². The predicted molar refractivity (Wildman–Crippen MR) is 94.8 cm³/mol. The average molecular weight is 332 g/mol. The fourth-order valence-electron chi connectivity index (χ4n) is 2.84. The SMILES string of the molecule is CC(C)(C)C(=O)Nc1cccc(C(=O)NCC2CCCC(O)C2)c1. The molecule has 0 bridgehead atoms. The van der Waals surface area contributed by atoms with Gasteiger partial charge in [-0.25, -0.2) is 0 Å². The maximum Gasteiger partial charge on any atom is 0.251 e. The van der Waals surface area contributed by atoms with Crippen molar-refractivity contribution in [3.8, 4) is 0 Å². The molecule has 1 fully saturated rings. The predicted octanol–water partition coefficient (Wildman–Crippen LogP) is 2.95. The van der Waals surface area contributed by atoms with E-state index in [0.717, 1.165) is 25.7 Å². The largest absolute Gasteiger partial charge is 0.393 e. The summed E-state index contributed by atoms with van der Waals surface area (Å²) >= 11 is 0. The van der Waals surface area contributed by atoms with Crippen molar-refractivity contribution >= 4 is 17.5 Å². The van der Waals surface area contributed by atoms with Gasteiger partial charge < -0.3 is 15.7 Å². The summed E-state index contributed by atoms with van der Waals surface area (Å²) in [5, 5.41) is 15.5. The Morgan fingerprint density at radius 3 is 2.67 bits per heavy atom. The smallest absolute Gasteiger partial charge is 0.251 e. The Kier molecular flexibility index (Phi) is 5.99. The first kappa shape index (κ1) is 18.5. The van der Waals surface area contributed by atoms with Gasteiger partial charge in [-0.2, -0.15) is 0 Å². The van der Waals surface area contributed by atoms with Gasteiger partial charge in [-0.1, -0.05) is 33.3 Å². The minimum Gasteiger partial charge on any atom is -0.393 e. The summed E-state index contributed by atoms with van der Waals surface area (Å²) in [5.74, 6) is 0.0969. The Morgan fingerprint density at radius 1 is 1.25 bits per heavy atom. The summed E-state index contributed by atoms with van der Waals surface area (Å²) < 4.78 is 0. The number of aliphatic hydroxyl groups excluding tert-OH is 1. The number of hydrogen-bond donors (Lipinski definition) is 3. The maximum atomic E-state index is 12.3. The third-order valence-corrected chi connectivity index (χ3v) is 4.37. The second kappa shape index (κ2) is 7.79. The Hall–Kier alpha value is -1.88. The number of hydrogen-bond acceptors (Lipinski definition) is 3. The molecule has 5 heteroatoms. The molecule has 1 saturated carbocycles. The summed E-state index contributed by atoms with van der Waals surface area (Å²) in [6.07, 6.45) is 3.42. The molecule has 2 rings (SSSR count). The maximum absolute atomic E-state index is 12.3. The van der Waals surface area contributed by atoms with E-state index in [-0.39, 0.29) is 17.9 Å². The Morgan fingerprint density at radius 2 is 2.00 bits per heavy atom. The molecule has 1 aliphatic rings. The molecule has 1 aliphatic carbocycles. The minimum atomic E-state index is -0.486. The zero-order valence-electron chi connectivity index (χ0n) is 14.8. The third-order valence-electron chi connectivity index (χ3n) is 4.37. The molecule has 2 unspecified atom stereocenters. The van der Waals surface area contributed by atoms with Crippen LogP contribution in [0.4, 0.5) is 5.69 Å². The van der Waals surface area contributed by atoms with Crippen molar-refractivity contribution in [1.82, 2.24) is 5.32 Å². The zero-order chi connectivity index (χ0) is 17.7. The number of amides is 2. The van der Waals surface area contributed by atoms with E-state index < -0.39 is 5.41 Å². The fourth-order valence-corrected chi connectivity index (χ4v) is 2.84. The molecule has 132 valence electrons. The Balaban J connectivity index is 1.92. The van der Waals surface area contributed by atoms with Crippen molar-refractivity contribution in [2.75, 3.05) is 11.9 Å². The van der Waals surface area contributed by atoms with Gasteiger partial charge in [-0.15, -0.1) is 0 Å². The van der Waals surface area contributed by atoms with Crippen LogP contribution in [0.3, 0.4) is 0 Å². The second-order valence-electron chi connectivity index (χ2n) is 7.68. The van der Waals surface area contributed by atoms with E-state index in [4.69, 9.17) is 0 Å². The monoisotopic (exact) mass is 332 g/mol. The van der Waals surface area contributed by atoms with Crippen LogP contribution in [0.15, 0.2) is 24.3 Å². The summed E-state index contributed by atoms with van der Waals surface area (Å²) in [5.41, 5.74) is 0.661. The van der Waals surface area contributed by atoms with E-state index in [9.17, 15) is 14.7 Å². The summed E-state index contributed by atoms with van der Waals surface area (Å²) in [6, 6.07) is 6.96. The van der Waals surface area contributed by atoms with Crippen LogP contribution in [0.1, 0.15) is 56.8 Å². The molecule has 24 heavy (non-hydrogen) atoms. The molecule has 0 radical (unpaired) electrons. The van der Waals surface area contributed by atoms with E-state index in [1.807, 2.05) is 20.8 Å². The van der Waals surface area contributed by atoms with Crippen molar-refractivity contribution in [1.29, 1.82) is 0 Å². The molecule has 1 aromatic rings. The molecule has 3 N–H and O–H groups in total. The van der Waals surface area contributed by atoms with E-state index >= 15 is 0 Å². The standard InChI is InChI=1S/C19H28N2O3/c1-19(2,3)18(24)21-15-8-5-7-14(11-15)17(23)20-12-13-6-4-9-16(22)10-13/h5,7-8,11,13,16,22H,4,6,9-10,12H2,1-3H3,(H,20,23)(H,21,24). The number of aliphatic hydroxyl groups is 1. The quantitative estimate of drug-likeness (QED) is 0.793. The van der Waals surface area contributed by atoms with Gasteiger partial charge in [0.05, 0.1) is 6.10 Å². The van der Waals surface area contributed by atoms with Crippen LogP contribution in [0.25, 0.3) is 0 Å². The van der Waals surface area contributed by atoms with Crippen LogP contribution in [0, 0.1) is 11.3 Å². The highest BCUT2D eigenvalue weighted by Gasteiger charge is 2.22. The number of carbonyl (C=O) groups is 2. The van der Waals surface area contributed by atoms with Crippen molar-refractivity contribution in [2.24, 2.45) is 11.3 Å². The van der Waals surface area contributed by atoms with Crippen LogP contribution < -0.4 is 10.6 Å². The first-order chi connectivity index (χ1) is 11.3. The number of anilines is 1. The lowest BCUT2D eigenvalue weighted by Gasteiger charge is -2.25. The Labute approximate surface area is 143 Å². The topological polar surface area (TPSA) is 78.4 Å². The van der Waals surface area contributed by atoms with E-state index in [2.05, 4.69) is 10.6 Å². The zero-order valence-corrected chi connectivity index (χ0v) is 14.8. The van der Waals surface area contributed by atoms with Crippen LogP contribution >= 0.6 is 0 Å². The van der Waals surface area contributed by atoms with Gasteiger partial charge in [-0.3, -0.25) is 9.59 Å². The van der Waals surface area contributed by atoms with Crippen molar-refractivity contribution in [3.63, 3.8) is 0 Å². The lowest BCUT2D eigenvalue weighted by atomic mass is 9.87. The van der Waals surface area contributed by atoms with Gasteiger partial charge in [0.25, 0.3) is 5.91 Å². The number of rotatable bonds is 4. The first-order valence-electron chi connectivity index (χ1n) is 8.63. The van der Waals surface area contributed by atoms with Gasteiger partial charge in [0, 0.05) is 23.2 Å². The second-order valence-corrected chi connectivity index (χ2v) is 7.68. The third kappa shape index (κ3) is 5.34. The highest BCUT2D eigenvalue weighted by atomic mass is 16.3. The van der Waals surface area contributed by atoms with E-state index in [1.54, 1.807) is 24.3 Å². The molecule has 0 spiro atoms. The van der Waals surface area contributed by atoms with Crippen molar-refractivity contribution in [2.45, 2.75) is 52.6 Å². The van der Waals surface area contributed by atoms with Gasteiger partial charge in [0.15, 0.2) is 0 Å². The normalized spacial score (nSPS) is 21.2. The molecule has 5 nitrogen and oxygen atoms in total. The number of benzene rings is 1. The summed E-state index contributed by atoms with van der Waals surface area (Å²) in [7, 11) is 0. The highest BCUT2D eigenvalue weighted by Crippen LogP contribution is 2.23. The summed E-state index contributed by atoms with van der Waals surface area (Å²) in [4.78, 5) is 24.4. The van der Waals surface area contributed by atoms with E-state index in [1.165, 1.54) is 0 Å². The molecule has 0 aromatic heterocycles. The average Bonchev–Trinajstić information content (AvgIpc) is 2.52. The summed E-state index contributed by atoms with van der Waals surface area (Å²) in [6.45, 7) is 6.11. The van der Waals surface area contributed by atoms with Crippen molar-refractivity contribution < 1.29 is 14.7 Å². The fraction of sp³-hybridized carbons (Fsp3) is 0.579. The lowest BCUT2D eigenvalue weighted by molar-refractivity contribution is -0.123. The van der Waals surface area contributed by atoms with Crippen molar-refractivity contribution in [3.05, 3.63) is 29.8 Å². The van der Waals surface area contributed by atoms with Crippen LogP contribution in [-0.4, -0.2) is 29.6 Å². The van der Waals surface area contributed by atoms with Crippen LogP contribution in [0.5, 0.6) is 0 Å². The molecule has 0 saturated heterocycles. The molecule has 0 heterocycles. The molecule has 2 atom stereocenters. The van der Waals surface area contributed by atoms with E-state index in [0.29, 0.717) is 23.7 Å². The highest BCUT2D eigenvalue weighted by molar-refractivity contribution is 5.98. The molecule has 0 aliphatic heterocycles. The molecular formula is C19H28N2O3. The van der Waals surface area contributed by atoms with Gasteiger partial charge in [0.1, 0.15) is 0 Å². The number of nitrogens with one attached hydrogen (secondary N) is 2. The Bertz CT molecular complexity index is 593. The van der Waals surface area contributed by atoms with Gasteiger partial charge in [-0.05, 0) is 43.4 Å². The van der Waals surface area contributed by atoms with Gasteiger partial charge in [0.2, 0.25) is 5.91 Å². The van der Waals surface area contributed by atoms with Crippen LogP contribution in [-0.2, 0) is 4.79 Å². The first-order valence-corrected chi connectivity index (χ1v) is 8.63. The molecule has 2 amide bonds. The minimum absolute atomic E-state index is 0.0868. The van der Waals surface area contributed by atoms with Crippen LogP contribution in [0.2, 0.25) is 0 Å². The number of carbonyl (C=O) groups excluding carboxylic acids is 2. The molecule has 1 aromatic carbocycles. The molecular weight excluding hydrogens is 304 g/mol.